The van der Waals surface area contributed by atoms with Gasteiger partial charge in [-0.3, -0.25) is 9.80 Å². The molecule has 134 valence electrons. The van der Waals surface area contributed by atoms with Crippen LogP contribution < -0.4 is 9.47 Å². The number of nitrogens with zero attached hydrogens (tertiary/aromatic N) is 2. The average Bonchev–Trinajstić information content (AvgIpc) is 2.65. The van der Waals surface area contributed by atoms with Gasteiger partial charge in [-0.25, -0.2) is 4.39 Å². The van der Waals surface area contributed by atoms with Gasteiger partial charge in [0.05, 0.1) is 14.2 Å². The van der Waals surface area contributed by atoms with Crippen molar-refractivity contribution in [1.82, 2.24) is 9.80 Å². The van der Waals surface area contributed by atoms with E-state index < -0.39 is 0 Å². The Morgan fingerprint density at radius 2 is 1.28 bits per heavy atom. The zero-order valence-corrected chi connectivity index (χ0v) is 14.9. The van der Waals surface area contributed by atoms with Gasteiger partial charge >= 0.3 is 0 Å². The van der Waals surface area contributed by atoms with Crippen LogP contribution in [0.1, 0.15) is 11.1 Å². The van der Waals surface area contributed by atoms with Crippen LogP contribution in [0.5, 0.6) is 11.5 Å². The SMILES string of the molecule is COc1ccc(CN2CCN(Cc3ccc(F)cc3)CC2)cc1OC. The van der Waals surface area contributed by atoms with E-state index >= 15 is 0 Å². The number of halogens is 1. The Morgan fingerprint density at radius 1 is 0.760 bits per heavy atom. The van der Waals surface area contributed by atoms with Gasteiger partial charge in [0.2, 0.25) is 0 Å². The van der Waals surface area contributed by atoms with Crippen molar-refractivity contribution in [3.8, 4) is 11.5 Å². The second kappa shape index (κ2) is 8.32. The summed E-state index contributed by atoms with van der Waals surface area (Å²) in [6.07, 6.45) is 0. The number of hydrogen-bond donors (Lipinski definition) is 0. The van der Waals surface area contributed by atoms with E-state index in [4.69, 9.17) is 9.47 Å². The molecule has 5 heteroatoms. The van der Waals surface area contributed by atoms with Crippen LogP contribution >= 0.6 is 0 Å². The smallest absolute Gasteiger partial charge is 0.161 e. The predicted molar refractivity (Wildman–Crippen MR) is 96.5 cm³/mol. The first-order valence-electron chi connectivity index (χ1n) is 8.58. The molecule has 25 heavy (non-hydrogen) atoms. The van der Waals surface area contributed by atoms with Crippen molar-refractivity contribution >= 4 is 0 Å². The summed E-state index contributed by atoms with van der Waals surface area (Å²) in [6.45, 7) is 5.87. The van der Waals surface area contributed by atoms with Crippen molar-refractivity contribution in [3.63, 3.8) is 0 Å². The highest BCUT2D eigenvalue weighted by molar-refractivity contribution is 5.42. The minimum absolute atomic E-state index is 0.177. The van der Waals surface area contributed by atoms with Gasteiger partial charge in [0, 0.05) is 39.3 Å². The lowest BCUT2D eigenvalue weighted by molar-refractivity contribution is 0.122. The van der Waals surface area contributed by atoms with Crippen molar-refractivity contribution in [2.75, 3.05) is 40.4 Å². The summed E-state index contributed by atoms with van der Waals surface area (Å²) in [5.74, 6) is 1.36. The quantitative estimate of drug-likeness (QED) is 0.804. The highest BCUT2D eigenvalue weighted by Gasteiger charge is 2.17. The maximum absolute atomic E-state index is 13.0. The molecule has 1 saturated heterocycles. The standard InChI is InChI=1S/C20H25FN2O2/c1-24-19-8-5-17(13-20(19)25-2)15-23-11-9-22(10-12-23)14-16-3-6-18(21)7-4-16/h3-8,13H,9-12,14-15H2,1-2H3. The molecule has 0 unspecified atom stereocenters. The van der Waals surface area contributed by atoms with Crippen molar-refractivity contribution < 1.29 is 13.9 Å². The molecule has 0 bridgehead atoms. The molecule has 0 aliphatic carbocycles. The second-order valence-corrected chi connectivity index (χ2v) is 6.37. The molecule has 0 radical (unpaired) electrons. The van der Waals surface area contributed by atoms with Crippen LogP contribution in [0.4, 0.5) is 4.39 Å². The Kier molecular flexibility index (Phi) is 5.89. The first-order chi connectivity index (χ1) is 12.2. The third-order valence-electron chi connectivity index (χ3n) is 4.64. The van der Waals surface area contributed by atoms with Crippen LogP contribution in [0.15, 0.2) is 42.5 Å². The van der Waals surface area contributed by atoms with E-state index in [0.717, 1.165) is 56.3 Å². The van der Waals surface area contributed by atoms with Crippen LogP contribution in [0, 0.1) is 5.82 Å². The van der Waals surface area contributed by atoms with Crippen molar-refractivity contribution in [1.29, 1.82) is 0 Å². The predicted octanol–water partition coefficient (Wildman–Crippen LogP) is 3.16. The third-order valence-corrected chi connectivity index (χ3v) is 4.64. The second-order valence-electron chi connectivity index (χ2n) is 6.37. The van der Waals surface area contributed by atoms with E-state index in [9.17, 15) is 4.39 Å². The number of piperazine rings is 1. The van der Waals surface area contributed by atoms with Crippen molar-refractivity contribution in [3.05, 3.63) is 59.4 Å². The van der Waals surface area contributed by atoms with Crippen LogP contribution in [-0.4, -0.2) is 50.2 Å². The lowest BCUT2D eigenvalue weighted by Gasteiger charge is -2.34. The van der Waals surface area contributed by atoms with Crippen LogP contribution in [0.25, 0.3) is 0 Å². The van der Waals surface area contributed by atoms with Gasteiger partial charge < -0.3 is 9.47 Å². The number of ether oxygens (including phenoxy) is 2. The monoisotopic (exact) mass is 344 g/mol. The first kappa shape index (κ1) is 17.7. The fourth-order valence-electron chi connectivity index (χ4n) is 3.19. The summed E-state index contributed by atoms with van der Waals surface area (Å²) in [5.41, 5.74) is 2.39. The molecule has 1 heterocycles. The van der Waals surface area contributed by atoms with E-state index in [2.05, 4.69) is 15.9 Å². The number of methoxy groups -OCH3 is 2. The molecule has 2 aromatic rings. The molecular weight excluding hydrogens is 319 g/mol. The van der Waals surface area contributed by atoms with E-state index in [1.807, 2.05) is 24.3 Å². The van der Waals surface area contributed by atoms with E-state index in [1.165, 1.54) is 17.7 Å². The summed E-state index contributed by atoms with van der Waals surface area (Å²) in [4.78, 5) is 4.86. The van der Waals surface area contributed by atoms with Gasteiger partial charge in [0.25, 0.3) is 0 Å². The molecule has 0 saturated carbocycles. The molecule has 0 amide bonds. The third kappa shape index (κ3) is 4.71. The van der Waals surface area contributed by atoms with Gasteiger partial charge in [0.1, 0.15) is 5.82 Å². The highest BCUT2D eigenvalue weighted by Crippen LogP contribution is 2.28. The number of rotatable bonds is 6. The summed E-state index contributed by atoms with van der Waals surface area (Å²) < 4.78 is 23.7. The van der Waals surface area contributed by atoms with Gasteiger partial charge in [-0.15, -0.1) is 0 Å². The Hall–Kier alpha value is -2.11. The molecule has 1 aliphatic heterocycles. The van der Waals surface area contributed by atoms with Crippen LogP contribution in [0.2, 0.25) is 0 Å². The Morgan fingerprint density at radius 3 is 1.84 bits per heavy atom. The summed E-state index contributed by atoms with van der Waals surface area (Å²) in [7, 11) is 3.31. The Bertz CT molecular complexity index is 683. The van der Waals surface area contributed by atoms with E-state index in [0.29, 0.717) is 0 Å². The summed E-state index contributed by atoms with van der Waals surface area (Å²) >= 11 is 0. The van der Waals surface area contributed by atoms with E-state index in [1.54, 1.807) is 14.2 Å². The Labute approximate surface area is 148 Å². The van der Waals surface area contributed by atoms with Gasteiger partial charge in [0.15, 0.2) is 11.5 Å². The van der Waals surface area contributed by atoms with Crippen molar-refractivity contribution in [2.45, 2.75) is 13.1 Å². The maximum atomic E-state index is 13.0. The molecule has 1 fully saturated rings. The molecule has 0 atom stereocenters. The largest absolute Gasteiger partial charge is 0.493 e. The molecular formula is C20H25FN2O2. The van der Waals surface area contributed by atoms with Gasteiger partial charge in [-0.1, -0.05) is 18.2 Å². The van der Waals surface area contributed by atoms with Gasteiger partial charge in [-0.2, -0.15) is 0 Å². The Balaban J connectivity index is 1.51. The average molecular weight is 344 g/mol. The van der Waals surface area contributed by atoms with Crippen LogP contribution in [0.3, 0.4) is 0 Å². The first-order valence-corrected chi connectivity index (χ1v) is 8.58. The fraction of sp³-hybridized carbons (Fsp3) is 0.400. The zero-order chi connectivity index (χ0) is 17.6. The highest BCUT2D eigenvalue weighted by atomic mass is 19.1. The molecule has 2 aromatic carbocycles. The maximum Gasteiger partial charge on any atom is 0.161 e. The topological polar surface area (TPSA) is 24.9 Å². The zero-order valence-electron chi connectivity index (χ0n) is 14.9. The summed E-state index contributed by atoms with van der Waals surface area (Å²) in [6, 6.07) is 12.9. The van der Waals surface area contributed by atoms with Gasteiger partial charge in [-0.05, 0) is 35.4 Å². The molecule has 0 aromatic heterocycles. The fourth-order valence-corrected chi connectivity index (χ4v) is 3.19. The lowest BCUT2D eigenvalue weighted by atomic mass is 10.1. The van der Waals surface area contributed by atoms with Crippen molar-refractivity contribution in [2.24, 2.45) is 0 Å². The molecule has 3 rings (SSSR count). The molecule has 4 nitrogen and oxygen atoms in total. The normalized spacial score (nSPS) is 16.0. The number of hydrogen-bond acceptors (Lipinski definition) is 4. The molecule has 0 spiro atoms. The van der Waals surface area contributed by atoms with Crippen LogP contribution in [-0.2, 0) is 13.1 Å². The number of benzene rings is 2. The molecule has 1 aliphatic rings. The molecule has 0 N–H and O–H groups in total. The van der Waals surface area contributed by atoms with E-state index in [-0.39, 0.29) is 5.82 Å². The minimum atomic E-state index is -0.177. The summed E-state index contributed by atoms with van der Waals surface area (Å²) in [5, 5.41) is 0. The lowest BCUT2D eigenvalue weighted by Crippen LogP contribution is -2.45. The minimum Gasteiger partial charge on any atom is -0.493 e.